The van der Waals surface area contributed by atoms with Gasteiger partial charge >= 0.3 is 11.9 Å². The third-order valence-corrected chi connectivity index (χ3v) is 5.32. The van der Waals surface area contributed by atoms with E-state index >= 15 is 0 Å². The van der Waals surface area contributed by atoms with Crippen LogP contribution in [0.25, 0.3) is 11.3 Å². The highest BCUT2D eigenvalue weighted by molar-refractivity contribution is 7.16. The van der Waals surface area contributed by atoms with Crippen molar-refractivity contribution in [2.45, 2.75) is 13.8 Å². The third-order valence-electron chi connectivity index (χ3n) is 4.20. The Labute approximate surface area is 170 Å². The number of nitrogens with zero attached hydrogens (tertiary/aromatic N) is 1. The lowest BCUT2D eigenvalue weighted by atomic mass is 10.1. The first-order chi connectivity index (χ1) is 13.9. The molecule has 0 unspecified atom stereocenters. The zero-order valence-electron chi connectivity index (χ0n) is 16.0. The lowest BCUT2D eigenvalue weighted by Crippen LogP contribution is -2.21. The molecule has 0 saturated heterocycles. The van der Waals surface area contributed by atoms with Crippen molar-refractivity contribution in [3.05, 3.63) is 58.4 Å². The summed E-state index contributed by atoms with van der Waals surface area (Å²) in [5.74, 6) is -1.16. The summed E-state index contributed by atoms with van der Waals surface area (Å²) in [5, 5.41) is 2.97. The molecule has 2 aromatic heterocycles. The van der Waals surface area contributed by atoms with E-state index in [4.69, 9.17) is 13.9 Å². The van der Waals surface area contributed by atoms with E-state index in [2.05, 4.69) is 10.3 Å². The number of carbonyl (C=O) groups excluding carboxylic acids is 3. The molecule has 8 nitrogen and oxygen atoms in total. The number of amides is 1. The molecule has 0 aliphatic heterocycles. The number of carbonyl (C=O) groups is 3. The number of thiophene rings is 1. The number of aromatic nitrogens is 1. The van der Waals surface area contributed by atoms with Gasteiger partial charge in [0.1, 0.15) is 5.00 Å². The molecular weight excluding hydrogens is 396 g/mol. The monoisotopic (exact) mass is 414 g/mol. The minimum absolute atomic E-state index is 0.291. The number of anilines is 1. The van der Waals surface area contributed by atoms with Crippen molar-refractivity contribution in [2.24, 2.45) is 0 Å². The lowest BCUT2D eigenvalue weighted by molar-refractivity contribution is -0.119. The summed E-state index contributed by atoms with van der Waals surface area (Å²) in [5.41, 5.74) is 2.09. The number of oxazole rings is 1. The third kappa shape index (κ3) is 4.52. The van der Waals surface area contributed by atoms with Crippen LogP contribution < -0.4 is 5.32 Å². The van der Waals surface area contributed by atoms with Gasteiger partial charge in [-0.3, -0.25) is 4.79 Å². The van der Waals surface area contributed by atoms with Crippen LogP contribution in [0.3, 0.4) is 0 Å². The summed E-state index contributed by atoms with van der Waals surface area (Å²) in [6, 6.07) is 6.52. The summed E-state index contributed by atoms with van der Waals surface area (Å²) in [6.45, 7) is 3.13. The zero-order valence-corrected chi connectivity index (χ0v) is 16.8. The van der Waals surface area contributed by atoms with Gasteiger partial charge in [-0.2, -0.15) is 0 Å². The van der Waals surface area contributed by atoms with Crippen LogP contribution in [0.2, 0.25) is 0 Å². The Balaban J connectivity index is 1.60. The average Bonchev–Trinajstić information content (AvgIpc) is 3.35. The van der Waals surface area contributed by atoms with Crippen LogP contribution in [-0.2, 0) is 14.3 Å². The number of aryl methyl sites for hydroxylation is 1. The van der Waals surface area contributed by atoms with Crippen LogP contribution in [0, 0.1) is 13.8 Å². The van der Waals surface area contributed by atoms with Crippen LogP contribution in [0.15, 0.2) is 41.3 Å². The van der Waals surface area contributed by atoms with E-state index in [9.17, 15) is 14.4 Å². The molecule has 3 rings (SSSR count). The van der Waals surface area contributed by atoms with Crippen molar-refractivity contribution in [1.82, 2.24) is 4.98 Å². The molecule has 0 fully saturated rings. The quantitative estimate of drug-likeness (QED) is 0.614. The predicted molar refractivity (Wildman–Crippen MR) is 106 cm³/mol. The van der Waals surface area contributed by atoms with Gasteiger partial charge in [0.15, 0.2) is 18.8 Å². The van der Waals surface area contributed by atoms with Crippen molar-refractivity contribution in [3.8, 4) is 11.3 Å². The maximum Gasteiger partial charge on any atom is 0.341 e. The van der Waals surface area contributed by atoms with Crippen LogP contribution in [0.1, 0.15) is 31.2 Å². The van der Waals surface area contributed by atoms with Gasteiger partial charge in [-0.1, -0.05) is 12.1 Å². The molecule has 0 bridgehead atoms. The summed E-state index contributed by atoms with van der Waals surface area (Å²) in [4.78, 5) is 41.0. The van der Waals surface area contributed by atoms with E-state index < -0.39 is 24.5 Å². The normalized spacial score (nSPS) is 10.4. The van der Waals surface area contributed by atoms with Crippen molar-refractivity contribution >= 4 is 34.2 Å². The first-order valence-corrected chi connectivity index (χ1v) is 9.36. The Morgan fingerprint density at radius 3 is 2.48 bits per heavy atom. The van der Waals surface area contributed by atoms with Gasteiger partial charge in [0.2, 0.25) is 0 Å². The molecule has 0 aliphatic rings. The van der Waals surface area contributed by atoms with E-state index in [1.165, 1.54) is 24.8 Å². The Hall–Kier alpha value is -3.46. The summed E-state index contributed by atoms with van der Waals surface area (Å²) in [7, 11) is 1.27. The summed E-state index contributed by atoms with van der Waals surface area (Å²) < 4.78 is 15.0. The standard InChI is InChI=1S/C20H18N2O6S/c1-11-12(2)29-18(17(11)20(25)26-3)22-16(23)9-27-19(24)14-6-4-13(5-7-14)15-8-21-10-28-15/h4-8,10H,9H2,1-3H3,(H,22,23). The topological polar surface area (TPSA) is 108 Å². The molecule has 0 atom stereocenters. The van der Waals surface area contributed by atoms with E-state index in [1.54, 1.807) is 37.4 Å². The number of esters is 2. The fourth-order valence-corrected chi connectivity index (χ4v) is 3.63. The Bertz CT molecular complexity index is 1040. The fourth-order valence-electron chi connectivity index (χ4n) is 2.57. The largest absolute Gasteiger partial charge is 0.465 e. The second-order valence-electron chi connectivity index (χ2n) is 6.05. The predicted octanol–water partition coefficient (Wildman–Crippen LogP) is 3.60. The van der Waals surface area contributed by atoms with Gasteiger partial charge in [-0.15, -0.1) is 11.3 Å². The molecule has 0 aliphatic carbocycles. The van der Waals surface area contributed by atoms with E-state index in [0.717, 1.165) is 16.0 Å². The molecule has 1 amide bonds. The number of hydrogen-bond acceptors (Lipinski definition) is 8. The van der Waals surface area contributed by atoms with Gasteiger partial charge < -0.3 is 19.2 Å². The van der Waals surface area contributed by atoms with Crippen LogP contribution in [-0.4, -0.2) is 36.5 Å². The Morgan fingerprint density at radius 1 is 1.14 bits per heavy atom. The number of nitrogens with one attached hydrogen (secondary N) is 1. The molecule has 1 aromatic carbocycles. The minimum atomic E-state index is -0.643. The van der Waals surface area contributed by atoms with E-state index in [1.807, 2.05) is 6.92 Å². The summed E-state index contributed by atoms with van der Waals surface area (Å²) in [6.07, 6.45) is 2.88. The smallest absolute Gasteiger partial charge is 0.341 e. The van der Waals surface area contributed by atoms with Crippen molar-refractivity contribution in [2.75, 3.05) is 19.0 Å². The number of methoxy groups -OCH3 is 1. The molecule has 29 heavy (non-hydrogen) atoms. The lowest BCUT2D eigenvalue weighted by Gasteiger charge is -2.07. The molecule has 9 heteroatoms. The average molecular weight is 414 g/mol. The molecule has 3 aromatic rings. The highest BCUT2D eigenvalue weighted by Gasteiger charge is 2.22. The Morgan fingerprint density at radius 2 is 1.86 bits per heavy atom. The van der Waals surface area contributed by atoms with Gasteiger partial charge in [0.05, 0.1) is 24.4 Å². The van der Waals surface area contributed by atoms with Gasteiger partial charge in [0, 0.05) is 10.4 Å². The molecule has 1 N–H and O–H groups in total. The molecular formula is C20H18N2O6S. The van der Waals surface area contributed by atoms with Crippen LogP contribution in [0.4, 0.5) is 5.00 Å². The number of benzene rings is 1. The Kier molecular flexibility index (Phi) is 6.08. The zero-order chi connectivity index (χ0) is 21.0. The SMILES string of the molecule is COC(=O)c1c(NC(=O)COC(=O)c2ccc(-c3cnco3)cc2)sc(C)c1C. The minimum Gasteiger partial charge on any atom is -0.465 e. The second kappa shape index (κ2) is 8.70. The van der Waals surface area contributed by atoms with Gasteiger partial charge in [-0.25, -0.2) is 14.6 Å². The van der Waals surface area contributed by atoms with E-state index in [-0.39, 0.29) is 0 Å². The molecule has 150 valence electrons. The summed E-state index contributed by atoms with van der Waals surface area (Å²) >= 11 is 1.26. The fraction of sp³-hybridized carbons (Fsp3) is 0.200. The number of rotatable bonds is 6. The van der Waals surface area contributed by atoms with Crippen LogP contribution >= 0.6 is 11.3 Å². The van der Waals surface area contributed by atoms with Crippen molar-refractivity contribution < 1.29 is 28.3 Å². The number of ether oxygens (including phenoxy) is 2. The van der Waals surface area contributed by atoms with Crippen molar-refractivity contribution in [1.29, 1.82) is 0 Å². The van der Waals surface area contributed by atoms with Crippen molar-refractivity contribution in [3.63, 3.8) is 0 Å². The maximum absolute atomic E-state index is 12.2. The molecule has 0 saturated carbocycles. The highest BCUT2D eigenvalue weighted by Crippen LogP contribution is 2.32. The number of hydrogen-bond donors (Lipinski definition) is 1. The first kappa shape index (κ1) is 20.3. The first-order valence-electron chi connectivity index (χ1n) is 8.55. The highest BCUT2D eigenvalue weighted by atomic mass is 32.1. The van der Waals surface area contributed by atoms with E-state index in [0.29, 0.717) is 21.9 Å². The molecule has 0 spiro atoms. The second-order valence-corrected chi connectivity index (χ2v) is 7.27. The van der Waals surface area contributed by atoms with Gasteiger partial charge in [-0.05, 0) is 31.5 Å². The molecule has 2 heterocycles. The van der Waals surface area contributed by atoms with Gasteiger partial charge in [0.25, 0.3) is 5.91 Å². The maximum atomic E-state index is 12.2. The molecule has 0 radical (unpaired) electrons. The van der Waals surface area contributed by atoms with Crippen LogP contribution in [0.5, 0.6) is 0 Å².